The predicted octanol–water partition coefficient (Wildman–Crippen LogP) is 3.12. The number of pyridine rings is 1. The monoisotopic (exact) mass is 397 g/mol. The van der Waals surface area contributed by atoms with Gasteiger partial charge < -0.3 is 9.88 Å². The van der Waals surface area contributed by atoms with Crippen molar-refractivity contribution in [2.24, 2.45) is 7.05 Å². The number of hydrogen-bond acceptors (Lipinski definition) is 3. The Kier molecular flexibility index (Phi) is 4.92. The molecule has 0 fully saturated rings. The summed E-state index contributed by atoms with van der Waals surface area (Å²) in [7, 11) is 1.95. The van der Waals surface area contributed by atoms with E-state index in [1.807, 2.05) is 37.1 Å². The lowest BCUT2D eigenvalue weighted by Crippen LogP contribution is -2.40. The molecule has 4 rings (SSSR count). The molecule has 2 heterocycles. The number of carbonyl (C=O) groups is 1. The molecule has 1 aliphatic heterocycles. The number of nitrogens with zero attached hydrogens (tertiary/aromatic N) is 2. The van der Waals surface area contributed by atoms with Crippen LogP contribution in [0, 0.1) is 18.6 Å². The van der Waals surface area contributed by atoms with Gasteiger partial charge in [-0.3, -0.25) is 14.5 Å². The average molecular weight is 397 g/mol. The van der Waals surface area contributed by atoms with Gasteiger partial charge in [-0.25, -0.2) is 8.78 Å². The number of amides is 1. The van der Waals surface area contributed by atoms with E-state index in [2.05, 4.69) is 9.88 Å². The Labute approximate surface area is 166 Å². The van der Waals surface area contributed by atoms with E-state index in [1.54, 1.807) is 0 Å². The van der Waals surface area contributed by atoms with Gasteiger partial charge in [0.05, 0.1) is 17.7 Å². The Hall–Kier alpha value is -3.06. The van der Waals surface area contributed by atoms with Gasteiger partial charge in [0, 0.05) is 49.3 Å². The average Bonchev–Trinajstić information content (AvgIpc) is 2.68. The molecule has 5 nitrogen and oxygen atoms in total. The van der Waals surface area contributed by atoms with Crippen molar-refractivity contribution < 1.29 is 13.6 Å². The Morgan fingerprint density at radius 2 is 1.97 bits per heavy atom. The van der Waals surface area contributed by atoms with Crippen LogP contribution in [0.15, 0.2) is 41.2 Å². The van der Waals surface area contributed by atoms with Crippen LogP contribution in [0.2, 0.25) is 0 Å². The molecule has 29 heavy (non-hydrogen) atoms. The van der Waals surface area contributed by atoms with Crippen molar-refractivity contribution in [1.82, 2.24) is 9.47 Å². The summed E-state index contributed by atoms with van der Waals surface area (Å²) < 4.78 is 28.8. The van der Waals surface area contributed by atoms with Gasteiger partial charge >= 0.3 is 0 Å². The molecule has 0 atom stereocenters. The summed E-state index contributed by atoms with van der Waals surface area (Å²) in [6.07, 6.45) is 0.642. The second kappa shape index (κ2) is 7.40. The van der Waals surface area contributed by atoms with Crippen LogP contribution in [-0.4, -0.2) is 28.5 Å². The van der Waals surface area contributed by atoms with Crippen LogP contribution in [0.25, 0.3) is 10.9 Å². The number of anilines is 1. The highest BCUT2D eigenvalue weighted by Crippen LogP contribution is 2.22. The molecule has 2 aromatic carbocycles. The molecule has 0 saturated heterocycles. The quantitative estimate of drug-likeness (QED) is 0.739. The number of rotatable bonds is 3. The zero-order valence-corrected chi connectivity index (χ0v) is 16.3. The van der Waals surface area contributed by atoms with Crippen LogP contribution >= 0.6 is 0 Å². The number of hydrogen-bond donors (Lipinski definition) is 1. The van der Waals surface area contributed by atoms with Gasteiger partial charge in [-0.05, 0) is 31.2 Å². The number of benzene rings is 2. The number of aromatic nitrogens is 1. The molecule has 0 aliphatic carbocycles. The number of carbonyl (C=O) groups excluding carboxylic acids is 1. The first-order chi connectivity index (χ1) is 13.8. The molecule has 3 aromatic rings. The van der Waals surface area contributed by atoms with Crippen molar-refractivity contribution in [2.75, 3.05) is 18.4 Å². The largest absolute Gasteiger partial charge is 0.347 e. The van der Waals surface area contributed by atoms with Gasteiger partial charge in [0.2, 0.25) is 5.91 Å². The van der Waals surface area contributed by atoms with Crippen LogP contribution < -0.4 is 10.7 Å². The minimum atomic E-state index is -0.821. The molecule has 1 aliphatic rings. The van der Waals surface area contributed by atoms with Crippen molar-refractivity contribution in [3.63, 3.8) is 0 Å². The van der Waals surface area contributed by atoms with E-state index in [4.69, 9.17) is 0 Å². The van der Waals surface area contributed by atoms with Crippen LogP contribution in [-0.2, 0) is 24.8 Å². The van der Waals surface area contributed by atoms with E-state index in [-0.39, 0.29) is 17.7 Å². The van der Waals surface area contributed by atoms with Crippen molar-refractivity contribution in [3.8, 4) is 0 Å². The second-order valence-electron chi connectivity index (χ2n) is 7.47. The first kappa shape index (κ1) is 19.3. The van der Waals surface area contributed by atoms with E-state index in [0.717, 1.165) is 28.9 Å². The fourth-order valence-corrected chi connectivity index (χ4v) is 3.93. The van der Waals surface area contributed by atoms with E-state index in [9.17, 15) is 18.4 Å². The molecule has 0 unspecified atom stereocenters. The number of aryl methyl sites for hydroxylation is 2. The summed E-state index contributed by atoms with van der Waals surface area (Å²) in [5.41, 5.74) is 3.52. The summed E-state index contributed by atoms with van der Waals surface area (Å²) in [4.78, 5) is 27.3. The number of fused-ring (bicyclic) bond motifs is 2. The molecule has 150 valence electrons. The third kappa shape index (κ3) is 3.65. The molecule has 0 bridgehead atoms. The van der Waals surface area contributed by atoms with Gasteiger partial charge in [-0.1, -0.05) is 11.6 Å². The van der Waals surface area contributed by atoms with E-state index in [1.165, 1.54) is 6.07 Å². The summed E-state index contributed by atoms with van der Waals surface area (Å²) >= 11 is 0. The molecule has 0 saturated carbocycles. The van der Waals surface area contributed by atoms with Crippen molar-refractivity contribution in [3.05, 3.63) is 75.1 Å². The van der Waals surface area contributed by atoms with Crippen LogP contribution in [0.5, 0.6) is 0 Å². The van der Waals surface area contributed by atoms with Gasteiger partial charge in [-0.2, -0.15) is 0 Å². The summed E-state index contributed by atoms with van der Waals surface area (Å²) in [5, 5.41) is 3.14. The molecular formula is C22H21F2N3O2. The van der Waals surface area contributed by atoms with Crippen molar-refractivity contribution in [1.29, 1.82) is 0 Å². The Balaban J connectivity index is 1.56. The fourth-order valence-electron chi connectivity index (χ4n) is 3.93. The summed E-state index contributed by atoms with van der Waals surface area (Å²) in [6.45, 7) is 2.93. The first-order valence-corrected chi connectivity index (χ1v) is 9.42. The Morgan fingerprint density at radius 3 is 2.72 bits per heavy atom. The predicted molar refractivity (Wildman–Crippen MR) is 108 cm³/mol. The number of nitrogens with one attached hydrogen (secondary N) is 1. The third-order valence-corrected chi connectivity index (χ3v) is 5.40. The molecule has 1 amide bonds. The maximum Gasteiger partial charge on any atom is 0.238 e. The summed E-state index contributed by atoms with van der Waals surface area (Å²) in [5.74, 6) is -1.93. The van der Waals surface area contributed by atoms with Gasteiger partial charge in [-0.15, -0.1) is 0 Å². The lowest BCUT2D eigenvalue weighted by Gasteiger charge is -2.29. The highest BCUT2D eigenvalue weighted by atomic mass is 19.1. The SMILES string of the molecule is Cc1ccc2c(c1)c(=O)c1c(n2C)CCN(CC(=O)Nc2ccc(F)cc2F)C1. The molecule has 1 N–H and O–H groups in total. The van der Waals surface area contributed by atoms with E-state index < -0.39 is 17.5 Å². The Morgan fingerprint density at radius 1 is 1.17 bits per heavy atom. The van der Waals surface area contributed by atoms with Gasteiger partial charge in [0.25, 0.3) is 0 Å². The minimum absolute atomic E-state index is 0.00788. The minimum Gasteiger partial charge on any atom is -0.347 e. The summed E-state index contributed by atoms with van der Waals surface area (Å²) in [6, 6.07) is 8.85. The molecule has 0 radical (unpaired) electrons. The van der Waals surface area contributed by atoms with Crippen LogP contribution in [0.1, 0.15) is 16.8 Å². The van der Waals surface area contributed by atoms with Crippen LogP contribution in [0.4, 0.5) is 14.5 Å². The zero-order valence-electron chi connectivity index (χ0n) is 16.3. The lowest BCUT2D eigenvalue weighted by molar-refractivity contribution is -0.117. The van der Waals surface area contributed by atoms with E-state index in [0.29, 0.717) is 30.5 Å². The fraction of sp³-hybridized carbons (Fsp3) is 0.273. The van der Waals surface area contributed by atoms with Crippen molar-refractivity contribution in [2.45, 2.75) is 19.9 Å². The smallest absolute Gasteiger partial charge is 0.238 e. The number of halogens is 2. The normalized spacial score (nSPS) is 14.1. The first-order valence-electron chi connectivity index (χ1n) is 9.42. The highest BCUT2D eigenvalue weighted by molar-refractivity contribution is 5.92. The molecule has 1 aromatic heterocycles. The maximum atomic E-state index is 13.8. The highest BCUT2D eigenvalue weighted by Gasteiger charge is 2.24. The van der Waals surface area contributed by atoms with Crippen LogP contribution in [0.3, 0.4) is 0 Å². The molecular weight excluding hydrogens is 376 g/mol. The lowest BCUT2D eigenvalue weighted by atomic mass is 10.0. The molecule has 0 spiro atoms. The molecule has 7 heteroatoms. The van der Waals surface area contributed by atoms with Crippen molar-refractivity contribution >= 4 is 22.5 Å². The maximum absolute atomic E-state index is 13.8. The standard InChI is InChI=1S/C22H21F2N3O2/c1-13-3-6-19-15(9-13)22(29)16-11-27(8-7-20(16)26(19)2)12-21(28)25-18-5-4-14(23)10-17(18)24/h3-6,9-10H,7-8,11-12H2,1-2H3,(H,25,28). The zero-order chi connectivity index (χ0) is 20.7. The van der Waals surface area contributed by atoms with E-state index >= 15 is 0 Å². The topological polar surface area (TPSA) is 54.3 Å². The second-order valence-corrected chi connectivity index (χ2v) is 7.47. The van der Waals surface area contributed by atoms with Gasteiger partial charge in [0.15, 0.2) is 5.43 Å². The van der Waals surface area contributed by atoms with Gasteiger partial charge in [0.1, 0.15) is 11.6 Å². The Bertz CT molecular complexity index is 1190. The third-order valence-electron chi connectivity index (χ3n) is 5.40.